The molecule has 0 aliphatic carbocycles. The van der Waals surface area contributed by atoms with Gasteiger partial charge in [-0.15, -0.1) is 0 Å². The average molecular weight is 387 g/mol. The summed E-state index contributed by atoms with van der Waals surface area (Å²) in [6.07, 6.45) is 7.17. The normalized spacial score (nSPS) is 18.8. The van der Waals surface area contributed by atoms with Gasteiger partial charge >= 0.3 is 0 Å². The fraction of sp³-hybridized carbons (Fsp3) is 0.368. The minimum absolute atomic E-state index is 0.0508. The summed E-state index contributed by atoms with van der Waals surface area (Å²) in [6, 6.07) is 10.1. The van der Waals surface area contributed by atoms with Gasteiger partial charge in [0.05, 0.1) is 5.56 Å². The summed E-state index contributed by atoms with van der Waals surface area (Å²) in [5.41, 5.74) is 1.82. The van der Waals surface area contributed by atoms with Gasteiger partial charge in [0.2, 0.25) is 0 Å². The van der Waals surface area contributed by atoms with E-state index in [0.29, 0.717) is 5.56 Å². The zero-order valence-corrected chi connectivity index (χ0v) is 15.0. The van der Waals surface area contributed by atoms with E-state index in [0.717, 1.165) is 49.0 Å². The second-order valence-corrected chi connectivity index (χ2v) is 7.49. The Kier molecular flexibility index (Phi) is 4.04. The number of fused-ring (bicyclic) bond motifs is 1. The van der Waals surface area contributed by atoms with E-state index >= 15 is 0 Å². The summed E-state index contributed by atoms with van der Waals surface area (Å²) in [4.78, 5) is 18.7. The molecule has 2 aliphatic rings. The molecule has 0 bridgehead atoms. The number of benzene rings is 1. The SMILES string of the molecule is O=C(c1cncc(Br)c1)N1CCC2(CCc3ccccc3O2)CC1. The van der Waals surface area contributed by atoms with Gasteiger partial charge in [-0.1, -0.05) is 18.2 Å². The molecule has 0 radical (unpaired) electrons. The van der Waals surface area contributed by atoms with Crippen molar-refractivity contribution in [2.45, 2.75) is 31.3 Å². The van der Waals surface area contributed by atoms with E-state index in [-0.39, 0.29) is 11.5 Å². The molecule has 3 heterocycles. The second-order valence-electron chi connectivity index (χ2n) is 6.58. The number of pyridine rings is 1. The van der Waals surface area contributed by atoms with Crippen molar-refractivity contribution < 1.29 is 9.53 Å². The zero-order valence-electron chi connectivity index (χ0n) is 13.4. The summed E-state index contributed by atoms with van der Waals surface area (Å²) in [6.45, 7) is 1.46. The smallest absolute Gasteiger partial charge is 0.255 e. The van der Waals surface area contributed by atoms with Crippen LogP contribution in [0.25, 0.3) is 0 Å². The molecule has 1 amide bonds. The Balaban J connectivity index is 1.45. The number of carbonyl (C=O) groups excluding carboxylic acids is 1. The van der Waals surface area contributed by atoms with E-state index in [4.69, 9.17) is 4.74 Å². The fourth-order valence-corrected chi connectivity index (χ4v) is 4.00. The van der Waals surface area contributed by atoms with Gasteiger partial charge in [-0.2, -0.15) is 0 Å². The first-order valence-electron chi connectivity index (χ1n) is 8.32. The monoisotopic (exact) mass is 386 g/mol. The summed E-state index contributed by atoms with van der Waals surface area (Å²) >= 11 is 3.37. The lowest BCUT2D eigenvalue weighted by Gasteiger charge is -2.44. The predicted octanol–water partition coefficient (Wildman–Crippen LogP) is 3.84. The van der Waals surface area contributed by atoms with Crippen LogP contribution in [0.1, 0.15) is 35.2 Å². The molecule has 1 fully saturated rings. The first-order chi connectivity index (χ1) is 11.7. The Hall–Kier alpha value is -1.88. The predicted molar refractivity (Wildman–Crippen MR) is 95.2 cm³/mol. The quantitative estimate of drug-likeness (QED) is 0.747. The molecule has 124 valence electrons. The molecule has 1 aromatic heterocycles. The second kappa shape index (κ2) is 6.20. The Bertz CT molecular complexity index is 769. The van der Waals surface area contributed by atoms with Crippen molar-refractivity contribution >= 4 is 21.8 Å². The Morgan fingerprint density at radius 3 is 2.75 bits per heavy atom. The van der Waals surface area contributed by atoms with Crippen LogP contribution in [-0.2, 0) is 6.42 Å². The Morgan fingerprint density at radius 1 is 1.17 bits per heavy atom. The number of aromatic nitrogens is 1. The lowest BCUT2D eigenvalue weighted by Crippen LogP contribution is -2.51. The lowest BCUT2D eigenvalue weighted by atomic mass is 9.83. The summed E-state index contributed by atoms with van der Waals surface area (Å²) < 4.78 is 7.18. The third-order valence-corrected chi connectivity index (χ3v) is 5.50. The molecule has 2 aliphatic heterocycles. The van der Waals surface area contributed by atoms with Crippen molar-refractivity contribution in [2.75, 3.05) is 13.1 Å². The van der Waals surface area contributed by atoms with Crippen molar-refractivity contribution in [3.05, 3.63) is 58.3 Å². The molecule has 5 heteroatoms. The number of ether oxygens (including phenoxy) is 1. The molecular weight excluding hydrogens is 368 g/mol. The number of hydrogen-bond donors (Lipinski definition) is 0. The van der Waals surface area contributed by atoms with Crippen LogP contribution in [0.15, 0.2) is 47.2 Å². The van der Waals surface area contributed by atoms with E-state index in [9.17, 15) is 4.79 Å². The molecule has 1 spiro atoms. The average Bonchev–Trinajstić information content (AvgIpc) is 2.62. The molecule has 0 saturated carbocycles. The van der Waals surface area contributed by atoms with Crippen LogP contribution in [-0.4, -0.2) is 34.5 Å². The highest BCUT2D eigenvalue weighted by Gasteiger charge is 2.40. The molecule has 4 nitrogen and oxygen atoms in total. The molecule has 0 unspecified atom stereocenters. The molecule has 24 heavy (non-hydrogen) atoms. The van der Waals surface area contributed by atoms with Crippen LogP contribution in [0.4, 0.5) is 0 Å². The summed E-state index contributed by atoms with van der Waals surface area (Å²) in [5, 5.41) is 0. The number of nitrogens with zero attached hydrogens (tertiary/aromatic N) is 2. The minimum atomic E-state index is -0.110. The lowest BCUT2D eigenvalue weighted by molar-refractivity contribution is -0.0107. The van der Waals surface area contributed by atoms with Crippen LogP contribution in [0, 0.1) is 0 Å². The van der Waals surface area contributed by atoms with Gasteiger partial charge in [-0.3, -0.25) is 9.78 Å². The zero-order chi connectivity index (χ0) is 16.6. The van der Waals surface area contributed by atoms with Gasteiger partial charge < -0.3 is 9.64 Å². The summed E-state index contributed by atoms with van der Waals surface area (Å²) in [5.74, 6) is 1.06. The van der Waals surface area contributed by atoms with Crippen LogP contribution >= 0.6 is 15.9 Å². The van der Waals surface area contributed by atoms with Gasteiger partial charge in [0.1, 0.15) is 11.4 Å². The van der Waals surface area contributed by atoms with E-state index in [1.165, 1.54) is 5.56 Å². The molecular formula is C19H19BrN2O2. The van der Waals surface area contributed by atoms with E-state index in [1.54, 1.807) is 12.4 Å². The van der Waals surface area contributed by atoms with E-state index in [1.807, 2.05) is 17.0 Å². The van der Waals surface area contributed by atoms with Gasteiger partial charge in [-0.25, -0.2) is 0 Å². The molecule has 2 aromatic rings. The molecule has 0 N–H and O–H groups in total. The van der Waals surface area contributed by atoms with Crippen molar-refractivity contribution in [3.63, 3.8) is 0 Å². The van der Waals surface area contributed by atoms with Crippen molar-refractivity contribution in [2.24, 2.45) is 0 Å². The first kappa shape index (κ1) is 15.6. The van der Waals surface area contributed by atoms with Crippen molar-refractivity contribution in [1.29, 1.82) is 0 Å². The third-order valence-electron chi connectivity index (χ3n) is 5.06. The molecule has 1 aromatic carbocycles. The highest BCUT2D eigenvalue weighted by Crippen LogP contribution is 2.39. The number of halogens is 1. The number of likely N-dealkylation sites (tertiary alicyclic amines) is 1. The summed E-state index contributed by atoms with van der Waals surface area (Å²) in [7, 11) is 0. The number of aryl methyl sites for hydroxylation is 1. The Morgan fingerprint density at radius 2 is 1.96 bits per heavy atom. The number of amides is 1. The van der Waals surface area contributed by atoms with E-state index < -0.39 is 0 Å². The van der Waals surface area contributed by atoms with Crippen LogP contribution < -0.4 is 4.74 Å². The van der Waals surface area contributed by atoms with Gasteiger partial charge in [-0.05, 0) is 46.5 Å². The standard InChI is InChI=1S/C19H19BrN2O2/c20-16-11-15(12-21-13-16)18(23)22-9-7-19(8-10-22)6-5-14-3-1-2-4-17(14)24-19/h1-4,11-13H,5-10H2. The van der Waals surface area contributed by atoms with E-state index in [2.05, 4.69) is 39.1 Å². The van der Waals surface area contributed by atoms with Gasteiger partial charge in [0, 0.05) is 42.8 Å². The fourth-order valence-electron chi connectivity index (χ4n) is 3.64. The topological polar surface area (TPSA) is 42.4 Å². The first-order valence-corrected chi connectivity index (χ1v) is 9.11. The van der Waals surface area contributed by atoms with Gasteiger partial charge in [0.15, 0.2) is 0 Å². The van der Waals surface area contributed by atoms with Crippen LogP contribution in [0.5, 0.6) is 5.75 Å². The highest BCUT2D eigenvalue weighted by molar-refractivity contribution is 9.10. The van der Waals surface area contributed by atoms with Crippen LogP contribution in [0.2, 0.25) is 0 Å². The number of rotatable bonds is 1. The van der Waals surface area contributed by atoms with Crippen LogP contribution in [0.3, 0.4) is 0 Å². The minimum Gasteiger partial charge on any atom is -0.487 e. The maximum Gasteiger partial charge on any atom is 0.255 e. The Labute approximate surface area is 150 Å². The number of hydrogen-bond acceptors (Lipinski definition) is 3. The maximum atomic E-state index is 12.6. The number of carbonyl (C=O) groups is 1. The molecule has 0 atom stereocenters. The molecule has 4 rings (SSSR count). The third kappa shape index (κ3) is 2.93. The molecule has 1 saturated heterocycles. The highest BCUT2D eigenvalue weighted by atomic mass is 79.9. The maximum absolute atomic E-state index is 12.6. The van der Waals surface area contributed by atoms with Crippen molar-refractivity contribution in [1.82, 2.24) is 9.88 Å². The largest absolute Gasteiger partial charge is 0.487 e. The number of piperidine rings is 1. The van der Waals surface area contributed by atoms with Gasteiger partial charge in [0.25, 0.3) is 5.91 Å². The van der Waals surface area contributed by atoms with Crippen molar-refractivity contribution in [3.8, 4) is 5.75 Å². The number of para-hydroxylation sites is 1.